The van der Waals surface area contributed by atoms with Crippen molar-refractivity contribution >= 4 is 17.7 Å². The Morgan fingerprint density at radius 2 is 1.54 bits per heavy atom. The third kappa shape index (κ3) is 8.37. The Morgan fingerprint density at radius 3 is 1.88 bits per heavy atom. The Labute approximate surface area is 179 Å². The monoisotopic (exact) mass is 558 g/mol. The molecule has 0 saturated heterocycles. The van der Waals surface area contributed by atoms with E-state index < -0.39 is 42.2 Å². The molecule has 0 aromatic heterocycles. The SMILES string of the molecule is CC[C@@H](C(C)=O)[C@@H](OC(=O)C(C)C)[C@H](C)OC(=O)[C@@H](N)[C@H](C)O.[Ac]. The molecule has 3 N–H and O–H groups in total. The van der Waals surface area contributed by atoms with Crippen molar-refractivity contribution in [1.29, 1.82) is 0 Å². The molecule has 1 radical (unpaired) electrons. The van der Waals surface area contributed by atoms with E-state index in [2.05, 4.69) is 0 Å². The zero-order valence-corrected chi connectivity index (χ0v) is 20.1. The Bertz CT molecular complexity index is 427. The summed E-state index contributed by atoms with van der Waals surface area (Å²) in [5.74, 6) is -2.39. The summed E-state index contributed by atoms with van der Waals surface area (Å²) in [7, 11) is 0. The van der Waals surface area contributed by atoms with Gasteiger partial charge in [0, 0.05) is 44.1 Å². The number of carbonyl (C=O) groups excluding carboxylic acids is 3. The molecule has 0 saturated carbocycles. The van der Waals surface area contributed by atoms with Gasteiger partial charge in [-0.05, 0) is 27.2 Å². The number of ketones is 1. The Morgan fingerprint density at radius 1 is 1.04 bits per heavy atom. The van der Waals surface area contributed by atoms with Gasteiger partial charge in [0.1, 0.15) is 24.0 Å². The van der Waals surface area contributed by atoms with Gasteiger partial charge in [0.25, 0.3) is 0 Å². The van der Waals surface area contributed by atoms with Crippen LogP contribution >= 0.6 is 0 Å². The summed E-state index contributed by atoms with van der Waals surface area (Å²) in [6, 6.07) is -1.20. The van der Waals surface area contributed by atoms with Crippen molar-refractivity contribution in [2.24, 2.45) is 17.6 Å². The van der Waals surface area contributed by atoms with Crippen LogP contribution in [0, 0.1) is 55.9 Å². The first-order valence-corrected chi connectivity index (χ1v) is 7.87. The number of carbonyl (C=O) groups is 3. The van der Waals surface area contributed by atoms with E-state index >= 15 is 0 Å². The predicted octanol–water partition coefficient (Wildman–Crippen LogP) is 0.809. The van der Waals surface area contributed by atoms with E-state index in [1.54, 1.807) is 20.8 Å². The molecule has 24 heavy (non-hydrogen) atoms. The standard InChI is InChI=1S/C16H29NO6.Ac/c1-7-12(9(4)18)14(23-15(20)8(2)3)11(6)22-16(21)13(17)10(5)19;/h8,10-14,19H,7,17H2,1-6H3;/t10-,11-,12-,13-,14-;/m0./s1. The maximum Gasteiger partial charge on any atom is 0.326 e. The van der Waals surface area contributed by atoms with E-state index in [4.69, 9.17) is 15.2 Å². The minimum atomic E-state index is -1.20. The third-order valence-corrected chi connectivity index (χ3v) is 3.64. The van der Waals surface area contributed by atoms with Crippen LogP contribution in [0.25, 0.3) is 0 Å². The molecular weight excluding hydrogens is 529 g/mol. The molecule has 8 heteroatoms. The van der Waals surface area contributed by atoms with Crippen LogP contribution in [0.15, 0.2) is 0 Å². The summed E-state index contributed by atoms with van der Waals surface area (Å²) in [6.07, 6.45) is -2.38. The molecule has 0 amide bonds. The van der Waals surface area contributed by atoms with Crippen molar-refractivity contribution in [2.45, 2.75) is 72.3 Å². The van der Waals surface area contributed by atoms with Crippen LogP contribution in [-0.2, 0) is 23.9 Å². The van der Waals surface area contributed by atoms with Gasteiger partial charge in [0.05, 0.1) is 17.9 Å². The summed E-state index contributed by atoms with van der Waals surface area (Å²) in [5, 5.41) is 9.34. The minimum Gasteiger partial charge on any atom is -0.457 e. The summed E-state index contributed by atoms with van der Waals surface area (Å²) >= 11 is 0. The predicted molar refractivity (Wildman–Crippen MR) is 84.4 cm³/mol. The number of hydrogen-bond acceptors (Lipinski definition) is 7. The van der Waals surface area contributed by atoms with Gasteiger partial charge in [-0.3, -0.25) is 14.4 Å². The molecule has 0 fully saturated rings. The van der Waals surface area contributed by atoms with E-state index in [-0.39, 0.29) is 55.8 Å². The van der Waals surface area contributed by atoms with Gasteiger partial charge >= 0.3 is 11.9 Å². The van der Waals surface area contributed by atoms with Crippen molar-refractivity contribution < 1.29 is 73.0 Å². The number of aliphatic hydroxyl groups is 1. The maximum absolute atomic E-state index is 11.9. The van der Waals surface area contributed by atoms with E-state index in [9.17, 15) is 19.5 Å². The average molecular weight is 558 g/mol. The Hall–Kier alpha value is -0.0284. The summed E-state index contributed by atoms with van der Waals surface area (Å²) in [5.41, 5.74) is 5.53. The van der Waals surface area contributed by atoms with Gasteiger partial charge in [0.2, 0.25) is 0 Å². The first kappa shape index (κ1) is 26.2. The summed E-state index contributed by atoms with van der Waals surface area (Å²) < 4.78 is 10.6. The van der Waals surface area contributed by atoms with Crippen LogP contribution in [-0.4, -0.2) is 47.2 Å². The first-order chi connectivity index (χ1) is 10.5. The Kier molecular flexibility index (Phi) is 13.5. The summed E-state index contributed by atoms with van der Waals surface area (Å²) in [4.78, 5) is 35.6. The van der Waals surface area contributed by atoms with Crippen LogP contribution in [0.5, 0.6) is 0 Å². The van der Waals surface area contributed by atoms with Crippen LogP contribution in [0.3, 0.4) is 0 Å². The molecule has 5 atom stereocenters. The van der Waals surface area contributed by atoms with Crippen LogP contribution in [0.1, 0.15) is 48.0 Å². The van der Waals surface area contributed by atoms with Gasteiger partial charge in [0.15, 0.2) is 0 Å². The first-order valence-electron chi connectivity index (χ1n) is 7.87. The van der Waals surface area contributed by atoms with Gasteiger partial charge in [-0.1, -0.05) is 20.8 Å². The zero-order valence-electron chi connectivity index (χ0n) is 15.3. The second-order valence-corrected chi connectivity index (χ2v) is 6.09. The molecular formula is C16H29AcNO6. The van der Waals surface area contributed by atoms with Gasteiger partial charge in [-0.2, -0.15) is 0 Å². The number of nitrogens with two attached hydrogens (primary N) is 1. The molecule has 0 aliphatic heterocycles. The van der Waals surface area contributed by atoms with Crippen molar-refractivity contribution in [3.8, 4) is 0 Å². The zero-order chi connectivity index (χ0) is 18.3. The van der Waals surface area contributed by atoms with Gasteiger partial charge in [-0.25, -0.2) is 0 Å². The molecule has 0 heterocycles. The molecule has 0 unspecified atom stereocenters. The van der Waals surface area contributed by atoms with Crippen molar-refractivity contribution in [1.82, 2.24) is 0 Å². The van der Waals surface area contributed by atoms with E-state index in [0.29, 0.717) is 6.42 Å². The molecule has 0 aliphatic rings. The minimum absolute atomic E-state index is 0. The normalized spacial score (nSPS) is 17.0. The van der Waals surface area contributed by atoms with Crippen LogP contribution in [0.2, 0.25) is 0 Å². The van der Waals surface area contributed by atoms with E-state index in [0.717, 1.165) is 0 Å². The van der Waals surface area contributed by atoms with Crippen molar-refractivity contribution in [3.05, 3.63) is 0 Å². The van der Waals surface area contributed by atoms with Crippen molar-refractivity contribution in [3.63, 3.8) is 0 Å². The fourth-order valence-electron chi connectivity index (χ4n) is 2.05. The van der Waals surface area contributed by atoms with Crippen LogP contribution in [0.4, 0.5) is 0 Å². The Balaban J connectivity index is 0. The number of rotatable bonds is 9. The number of Topliss-reactive ketones (excluding diaryl/α,β-unsaturated/α-hetero) is 1. The number of ether oxygens (including phenoxy) is 2. The molecule has 137 valence electrons. The smallest absolute Gasteiger partial charge is 0.326 e. The average Bonchev–Trinajstić information content (AvgIpc) is 2.44. The molecule has 0 aromatic carbocycles. The van der Waals surface area contributed by atoms with E-state index in [1.807, 2.05) is 0 Å². The van der Waals surface area contributed by atoms with E-state index in [1.165, 1.54) is 20.8 Å². The fraction of sp³-hybridized carbons (Fsp3) is 0.812. The molecule has 0 aromatic rings. The fourth-order valence-corrected chi connectivity index (χ4v) is 2.05. The van der Waals surface area contributed by atoms with Gasteiger partial charge < -0.3 is 20.3 Å². The molecule has 7 nitrogen and oxygen atoms in total. The van der Waals surface area contributed by atoms with Crippen LogP contribution < -0.4 is 5.73 Å². The molecule has 0 rings (SSSR count). The summed E-state index contributed by atoms with van der Waals surface area (Å²) in [6.45, 7) is 9.45. The maximum atomic E-state index is 11.9. The molecule has 0 spiro atoms. The number of esters is 2. The second-order valence-electron chi connectivity index (χ2n) is 6.09. The molecule has 0 bridgehead atoms. The number of hydrogen-bond donors (Lipinski definition) is 2. The quantitative estimate of drug-likeness (QED) is 0.403. The van der Waals surface area contributed by atoms with Crippen molar-refractivity contribution in [2.75, 3.05) is 0 Å². The van der Waals surface area contributed by atoms with Gasteiger partial charge in [-0.15, -0.1) is 0 Å². The largest absolute Gasteiger partial charge is 0.457 e. The molecule has 0 aliphatic carbocycles. The second kappa shape index (κ2) is 12.3. The number of aliphatic hydroxyl groups excluding tert-OH is 1. The third-order valence-electron chi connectivity index (χ3n) is 3.64. The topological polar surface area (TPSA) is 116 Å².